The van der Waals surface area contributed by atoms with Crippen molar-refractivity contribution >= 4 is 34.4 Å². The number of fused-ring (bicyclic) bond motifs is 2. The van der Waals surface area contributed by atoms with E-state index in [2.05, 4.69) is 5.32 Å². The number of anilines is 1. The first-order valence-electron chi connectivity index (χ1n) is 10.3. The molecule has 7 nitrogen and oxygen atoms in total. The number of benzene rings is 3. The summed E-state index contributed by atoms with van der Waals surface area (Å²) in [5.74, 6) is -0.904. The predicted octanol–water partition coefficient (Wildman–Crippen LogP) is 4.83. The third-order valence-electron chi connectivity index (χ3n) is 5.58. The van der Waals surface area contributed by atoms with Gasteiger partial charge in [0.05, 0.1) is 0 Å². The van der Waals surface area contributed by atoms with E-state index >= 15 is 0 Å². The number of Topliss-reactive ketones (excluding diaryl/α,β-unsaturated/α-hetero) is 1. The number of aromatic hydroxyl groups is 2. The van der Waals surface area contributed by atoms with E-state index in [-0.39, 0.29) is 34.5 Å². The summed E-state index contributed by atoms with van der Waals surface area (Å²) in [4.78, 5) is 24.2. The molecule has 0 atom stereocenters. The Morgan fingerprint density at radius 3 is 2.58 bits per heavy atom. The van der Waals surface area contributed by atoms with Gasteiger partial charge >= 0.3 is 0 Å². The molecule has 0 saturated carbocycles. The van der Waals surface area contributed by atoms with Gasteiger partial charge in [-0.2, -0.15) is 0 Å². The fourth-order valence-corrected chi connectivity index (χ4v) is 4.19. The lowest BCUT2D eigenvalue weighted by Gasteiger charge is -2.08. The van der Waals surface area contributed by atoms with Crippen molar-refractivity contribution in [1.29, 1.82) is 0 Å². The van der Waals surface area contributed by atoms with Crippen molar-refractivity contribution in [3.63, 3.8) is 0 Å². The van der Waals surface area contributed by atoms with Gasteiger partial charge in [-0.15, -0.1) is 0 Å². The lowest BCUT2D eigenvalue weighted by molar-refractivity contribution is -0.114. The second-order valence-electron chi connectivity index (χ2n) is 7.93. The van der Waals surface area contributed by atoms with Gasteiger partial charge in [-0.1, -0.05) is 24.3 Å². The van der Waals surface area contributed by atoms with Crippen molar-refractivity contribution in [3.8, 4) is 28.4 Å². The van der Waals surface area contributed by atoms with Gasteiger partial charge in [-0.3, -0.25) is 9.59 Å². The molecule has 0 saturated heterocycles. The number of hydrogen-bond acceptors (Lipinski definition) is 5. The van der Waals surface area contributed by atoms with Gasteiger partial charge in [0.2, 0.25) is 11.7 Å². The Labute approximate surface area is 189 Å². The monoisotopic (exact) mass is 440 g/mol. The maximum absolute atomic E-state index is 12.9. The van der Waals surface area contributed by atoms with Crippen molar-refractivity contribution in [2.24, 2.45) is 7.05 Å². The summed E-state index contributed by atoms with van der Waals surface area (Å²) >= 11 is 0. The van der Waals surface area contributed by atoms with Gasteiger partial charge in [-0.25, -0.2) is 0 Å². The smallest absolute Gasteiger partial charge is 0.235 e. The van der Waals surface area contributed by atoms with Crippen LogP contribution in [-0.2, 0) is 11.8 Å². The molecule has 1 aliphatic heterocycles. The molecule has 3 aromatic carbocycles. The molecule has 0 aliphatic carbocycles. The minimum atomic E-state index is -0.448. The Morgan fingerprint density at radius 1 is 1.09 bits per heavy atom. The van der Waals surface area contributed by atoms with E-state index < -0.39 is 5.78 Å². The Kier molecular flexibility index (Phi) is 4.67. The molecule has 1 amide bonds. The van der Waals surface area contributed by atoms with Crippen LogP contribution in [0.3, 0.4) is 0 Å². The normalized spacial score (nSPS) is 13.9. The van der Waals surface area contributed by atoms with Crippen molar-refractivity contribution < 1.29 is 24.5 Å². The van der Waals surface area contributed by atoms with E-state index in [4.69, 9.17) is 4.74 Å². The quantitative estimate of drug-likeness (QED) is 0.396. The fourth-order valence-electron chi connectivity index (χ4n) is 4.19. The average molecular weight is 440 g/mol. The highest BCUT2D eigenvalue weighted by Gasteiger charge is 2.31. The first-order chi connectivity index (χ1) is 15.8. The number of nitrogens with zero attached hydrogens (tertiary/aromatic N) is 1. The lowest BCUT2D eigenvalue weighted by atomic mass is 9.98. The van der Waals surface area contributed by atoms with Crippen molar-refractivity contribution in [1.82, 2.24) is 4.57 Å². The molecule has 164 valence electrons. The molecule has 0 spiro atoms. The highest BCUT2D eigenvalue weighted by Crippen LogP contribution is 2.41. The van der Waals surface area contributed by atoms with Crippen molar-refractivity contribution in [2.45, 2.75) is 6.92 Å². The molecule has 1 aromatic heterocycles. The van der Waals surface area contributed by atoms with Gasteiger partial charge in [0.15, 0.2) is 5.76 Å². The van der Waals surface area contributed by atoms with E-state index in [0.29, 0.717) is 5.69 Å². The number of nitrogens with one attached hydrogen (secondary N) is 1. The Hall–Kier alpha value is -4.52. The van der Waals surface area contributed by atoms with Crippen LogP contribution in [0.4, 0.5) is 5.69 Å². The summed E-state index contributed by atoms with van der Waals surface area (Å²) in [6.45, 7) is 1.46. The van der Waals surface area contributed by atoms with Crippen LogP contribution in [-0.4, -0.2) is 26.5 Å². The molecule has 7 heteroatoms. The second kappa shape index (κ2) is 7.56. The Bertz CT molecular complexity index is 1480. The molecule has 0 bridgehead atoms. The van der Waals surface area contributed by atoms with Crippen LogP contribution >= 0.6 is 0 Å². The molecular formula is C26H20N2O5. The van der Waals surface area contributed by atoms with Crippen LogP contribution in [0.1, 0.15) is 22.8 Å². The number of ether oxygens (including phenoxy) is 1. The number of aryl methyl sites for hydroxylation is 1. The topological polar surface area (TPSA) is 101 Å². The third-order valence-corrected chi connectivity index (χ3v) is 5.58. The zero-order chi connectivity index (χ0) is 23.3. The van der Waals surface area contributed by atoms with E-state index in [0.717, 1.165) is 33.7 Å². The largest absolute Gasteiger partial charge is 0.508 e. The van der Waals surface area contributed by atoms with Gasteiger partial charge in [0, 0.05) is 54.5 Å². The average Bonchev–Trinajstić information content (AvgIpc) is 3.25. The molecule has 4 aromatic rings. The number of carbonyl (C=O) groups excluding carboxylic acids is 2. The number of phenolic OH excluding ortho intramolecular Hbond substituents is 2. The van der Waals surface area contributed by atoms with Crippen LogP contribution < -0.4 is 10.1 Å². The van der Waals surface area contributed by atoms with Crippen LogP contribution in [0.5, 0.6) is 17.2 Å². The highest BCUT2D eigenvalue weighted by molar-refractivity contribution is 6.17. The standard InChI is InChI=1S/C26H20N2O5/c1-14(29)27-17-8-6-15(7-9-17)19-4-3-5-20-24(19)16(13-28(20)2)10-23-26(32)25-21(31)11-18(30)12-22(25)33-23/h3-13,30-31H,1-2H3,(H,27,29). The number of phenols is 2. The first kappa shape index (κ1) is 20.4. The SMILES string of the molecule is CC(=O)Nc1ccc(-c2cccc3c2c(C=C2Oc4cc(O)cc(O)c4C2=O)cn3C)cc1. The summed E-state index contributed by atoms with van der Waals surface area (Å²) in [5.41, 5.74) is 4.39. The first-order valence-corrected chi connectivity index (χ1v) is 10.3. The molecule has 1 aliphatic rings. The fraction of sp³-hybridized carbons (Fsp3) is 0.0769. The molecule has 33 heavy (non-hydrogen) atoms. The third kappa shape index (κ3) is 3.49. The molecule has 2 heterocycles. The minimum Gasteiger partial charge on any atom is -0.508 e. The number of aromatic nitrogens is 1. The summed E-state index contributed by atoms with van der Waals surface area (Å²) < 4.78 is 7.65. The maximum Gasteiger partial charge on any atom is 0.235 e. The van der Waals surface area contributed by atoms with E-state index in [1.165, 1.54) is 13.0 Å². The maximum atomic E-state index is 12.9. The van der Waals surface area contributed by atoms with E-state index in [1.54, 1.807) is 6.08 Å². The molecule has 0 unspecified atom stereocenters. The molecule has 0 radical (unpaired) electrons. The number of carbonyl (C=O) groups is 2. The van der Waals surface area contributed by atoms with Crippen molar-refractivity contribution in [2.75, 3.05) is 5.32 Å². The summed E-state index contributed by atoms with van der Waals surface area (Å²) in [5, 5.41) is 23.5. The van der Waals surface area contributed by atoms with Crippen LogP contribution in [0.25, 0.3) is 28.1 Å². The van der Waals surface area contributed by atoms with Gasteiger partial charge in [0.1, 0.15) is 22.8 Å². The second-order valence-corrected chi connectivity index (χ2v) is 7.93. The number of amides is 1. The summed E-state index contributed by atoms with van der Waals surface area (Å²) in [7, 11) is 1.92. The predicted molar refractivity (Wildman–Crippen MR) is 125 cm³/mol. The highest BCUT2D eigenvalue weighted by atomic mass is 16.5. The van der Waals surface area contributed by atoms with Crippen LogP contribution in [0, 0.1) is 0 Å². The number of hydrogen-bond donors (Lipinski definition) is 3. The number of ketones is 1. The van der Waals surface area contributed by atoms with Gasteiger partial charge < -0.3 is 24.8 Å². The number of allylic oxidation sites excluding steroid dienone is 1. The zero-order valence-electron chi connectivity index (χ0n) is 17.9. The number of rotatable bonds is 3. The van der Waals surface area contributed by atoms with Crippen molar-refractivity contribution in [3.05, 3.63) is 77.7 Å². The minimum absolute atomic E-state index is 0.0353. The Morgan fingerprint density at radius 2 is 1.85 bits per heavy atom. The molecule has 3 N–H and O–H groups in total. The molecular weight excluding hydrogens is 420 g/mol. The summed E-state index contributed by atoms with van der Waals surface area (Å²) in [6.07, 6.45) is 3.56. The van der Waals surface area contributed by atoms with E-state index in [9.17, 15) is 19.8 Å². The zero-order valence-corrected chi connectivity index (χ0v) is 17.9. The molecule has 0 fully saturated rings. The van der Waals surface area contributed by atoms with E-state index in [1.807, 2.05) is 60.3 Å². The van der Waals surface area contributed by atoms with Gasteiger partial charge in [0.25, 0.3) is 0 Å². The molecule has 5 rings (SSSR count). The lowest BCUT2D eigenvalue weighted by Crippen LogP contribution is -2.05. The van der Waals surface area contributed by atoms with Crippen LogP contribution in [0.2, 0.25) is 0 Å². The van der Waals surface area contributed by atoms with Crippen LogP contribution in [0.15, 0.2) is 66.6 Å². The Balaban J connectivity index is 1.62. The van der Waals surface area contributed by atoms with Gasteiger partial charge in [-0.05, 0) is 35.4 Å². The summed E-state index contributed by atoms with van der Waals surface area (Å²) in [6, 6.07) is 15.9.